The summed E-state index contributed by atoms with van der Waals surface area (Å²) in [5, 5.41) is 4.48. The molecule has 1 saturated heterocycles. The van der Waals surface area contributed by atoms with E-state index in [9.17, 15) is 0 Å². The molecule has 7 heteroatoms. The normalized spacial score (nSPS) is 30.2. The summed E-state index contributed by atoms with van der Waals surface area (Å²) >= 11 is 0. The second-order valence-corrected chi connectivity index (χ2v) is 9.40. The first-order valence-corrected chi connectivity index (χ1v) is 11.9. The van der Waals surface area contributed by atoms with Gasteiger partial charge in [0.1, 0.15) is 18.1 Å². The fraction of sp³-hybridized carbons (Fsp3) is 0.500. The van der Waals surface area contributed by atoms with Gasteiger partial charge in [-0.15, -0.1) is 0 Å². The van der Waals surface area contributed by atoms with E-state index in [-0.39, 0.29) is 12.0 Å². The van der Waals surface area contributed by atoms with Gasteiger partial charge in [0.05, 0.1) is 26.2 Å². The smallest absolute Gasteiger partial charge is 0.164 e. The Morgan fingerprint density at radius 1 is 1.03 bits per heavy atom. The number of benzene rings is 1. The Labute approximate surface area is 194 Å². The quantitative estimate of drug-likeness (QED) is 0.688. The summed E-state index contributed by atoms with van der Waals surface area (Å²) in [7, 11) is 3.27. The zero-order valence-electron chi connectivity index (χ0n) is 19.2. The third-order valence-electron chi connectivity index (χ3n) is 7.66. The Morgan fingerprint density at radius 3 is 2.64 bits per heavy atom. The van der Waals surface area contributed by atoms with Gasteiger partial charge in [0.25, 0.3) is 0 Å². The molecule has 0 N–H and O–H groups in total. The molecule has 6 rings (SSSR count). The van der Waals surface area contributed by atoms with Crippen LogP contribution < -0.4 is 14.2 Å². The average molecular weight is 450 g/mol. The maximum Gasteiger partial charge on any atom is 0.164 e. The van der Waals surface area contributed by atoms with E-state index in [4.69, 9.17) is 19.0 Å². The predicted octanol–water partition coefficient (Wildman–Crippen LogP) is 3.22. The van der Waals surface area contributed by atoms with Crippen molar-refractivity contribution >= 4 is 5.71 Å². The summed E-state index contributed by atoms with van der Waals surface area (Å²) in [6.07, 6.45) is 16.0. The van der Waals surface area contributed by atoms with Crippen molar-refractivity contribution in [1.29, 1.82) is 0 Å². The van der Waals surface area contributed by atoms with E-state index in [0.717, 1.165) is 36.7 Å². The number of oxime groups is 1. The van der Waals surface area contributed by atoms with Gasteiger partial charge in [-0.1, -0.05) is 35.5 Å². The Hall–Kier alpha value is -2.93. The third-order valence-corrected chi connectivity index (χ3v) is 7.66. The van der Waals surface area contributed by atoms with E-state index in [1.807, 2.05) is 12.1 Å². The van der Waals surface area contributed by atoms with E-state index in [1.165, 1.54) is 12.8 Å². The molecule has 1 aromatic rings. The number of piperidine rings is 1. The number of ether oxygens (including phenoxy) is 3. The van der Waals surface area contributed by atoms with Crippen LogP contribution in [0, 0.1) is 11.8 Å². The zero-order chi connectivity index (χ0) is 22.4. The summed E-state index contributed by atoms with van der Waals surface area (Å²) in [5.74, 6) is 2.78. The van der Waals surface area contributed by atoms with Gasteiger partial charge in [0, 0.05) is 43.2 Å². The van der Waals surface area contributed by atoms with Crippen LogP contribution in [-0.4, -0.2) is 74.2 Å². The van der Waals surface area contributed by atoms with Crippen molar-refractivity contribution in [3.8, 4) is 17.2 Å². The molecule has 174 valence electrons. The molecule has 0 saturated carbocycles. The number of rotatable bonds is 5. The number of allylic oxidation sites excluding steroid dienone is 2. The minimum Gasteiger partial charge on any atom is -0.493 e. The second-order valence-electron chi connectivity index (χ2n) is 9.40. The van der Waals surface area contributed by atoms with Crippen LogP contribution in [0.3, 0.4) is 0 Å². The molecule has 1 aliphatic carbocycles. The Kier molecular flexibility index (Phi) is 5.29. The molecular formula is C26H31N3O4. The number of fused-ring (bicyclic) bond motifs is 4. The van der Waals surface area contributed by atoms with Crippen LogP contribution in [0.15, 0.2) is 53.9 Å². The van der Waals surface area contributed by atoms with E-state index in [2.05, 4.69) is 51.5 Å². The van der Waals surface area contributed by atoms with Gasteiger partial charge in [-0.3, -0.25) is 4.90 Å². The lowest BCUT2D eigenvalue weighted by Crippen LogP contribution is -2.49. The van der Waals surface area contributed by atoms with Crippen LogP contribution in [0.2, 0.25) is 0 Å². The van der Waals surface area contributed by atoms with Gasteiger partial charge in [-0.25, -0.2) is 0 Å². The summed E-state index contributed by atoms with van der Waals surface area (Å²) in [6.45, 7) is 3.61. The maximum atomic E-state index is 6.09. The first-order valence-electron chi connectivity index (χ1n) is 11.9. The first-order chi connectivity index (χ1) is 16.2. The van der Waals surface area contributed by atoms with Gasteiger partial charge in [-0.05, 0) is 25.1 Å². The lowest BCUT2D eigenvalue weighted by molar-refractivity contribution is 0.0107. The van der Waals surface area contributed by atoms with Crippen LogP contribution in [0.5, 0.6) is 17.2 Å². The first kappa shape index (κ1) is 20.7. The highest BCUT2D eigenvalue weighted by atomic mass is 16.6. The Bertz CT molecular complexity index is 1020. The summed E-state index contributed by atoms with van der Waals surface area (Å²) in [6, 6.07) is 4.92. The molecule has 0 radical (unpaired) electrons. The molecule has 7 nitrogen and oxygen atoms in total. The van der Waals surface area contributed by atoms with Crippen LogP contribution in [0.4, 0.5) is 0 Å². The largest absolute Gasteiger partial charge is 0.493 e. The summed E-state index contributed by atoms with van der Waals surface area (Å²) < 4.78 is 17.0. The molecule has 1 fully saturated rings. The number of hydrogen-bond donors (Lipinski definition) is 0. The van der Waals surface area contributed by atoms with Crippen molar-refractivity contribution in [1.82, 2.24) is 9.80 Å². The van der Waals surface area contributed by atoms with Crippen molar-refractivity contribution in [3.05, 3.63) is 54.3 Å². The van der Waals surface area contributed by atoms with Crippen LogP contribution in [0.1, 0.15) is 18.4 Å². The van der Waals surface area contributed by atoms with E-state index < -0.39 is 0 Å². The average Bonchev–Trinajstić information content (AvgIpc) is 3.48. The molecule has 0 amide bonds. The van der Waals surface area contributed by atoms with Gasteiger partial charge in [0.15, 0.2) is 17.6 Å². The lowest BCUT2D eigenvalue weighted by atomic mass is 9.89. The molecule has 4 unspecified atom stereocenters. The number of methoxy groups -OCH3 is 2. The Morgan fingerprint density at radius 2 is 1.82 bits per heavy atom. The number of nitrogens with zero attached hydrogens (tertiary/aromatic N) is 3. The SMILES string of the molecule is COc1cc2c(cc1OC)C1=NOC(CN3CCC(N4C=CC5C=CC=CC54)CC3)C1CO2. The molecule has 0 spiro atoms. The molecule has 5 aliphatic rings. The highest BCUT2D eigenvalue weighted by Crippen LogP contribution is 2.41. The zero-order valence-corrected chi connectivity index (χ0v) is 19.2. The van der Waals surface area contributed by atoms with Crippen molar-refractivity contribution in [2.75, 3.05) is 40.5 Å². The van der Waals surface area contributed by atoms with Crippen LogP contribution >= 0.6 is 0 Å². The van der Waals surface area contributed by atoms with Gasteiger partial charge in [-0.2, -0.15) is 0 Å². The molecular weight excluding hydrogens is 418 g/mol. The minimum absolute atomic E-state index is 0.0141. The predicted molar refractivity (Wildman–Crippen MR) is 126 cm³/mol. The monoisotopic (exact) mass is 449 g/mol. The number of likely N-dealkylation sites (tertiary alicyclic amines) is 1. The number of hydrogen-bond acceptors (Lipinski definition) is 7. The third kappa shape index (κ3) is 3.59. The molecule has 0 aromatic heterocycles. The molecule has 4 aliphatic heterocycles. The van der Waals surface area contributed by atoms with E-state index >= 15 is 0 Å². The summed E-state index contributed by atoms with van der Waals surface area (Å²) in [5.41, 5.74) is 1.90. The molecule has 33 heavy (non-hydrogen) atoms. The van der Waals surface area contributed by atoms with Crippen LogP contribution in [0.25, 0.3) is 0 Å². The van der Waals surface area contributed by atoms with Gasteiger partial charge < -0.3 is 23.9 Å². The van der Waals surface area contributed by atoms with E-state index in [1.54, 1.807) is 14.2 Å². The van der Waals surface area contributed by atoms with Crippen LogP contribution in [-0.2, 0) is 4.84 Å². The fourth-order valence-corrected chi connectivity index (χ4v) is 5.80. The maximum absolute atomic E-state index is 6.09. The summed E-state index contributed by atoms with van der Waals surface area (Å²) in [4.78, 5) is 11.0. The molecule has 4 heterocycles. The van der Waals surface area contributed by atoms with E-state index in [0.29, 0.717) is 36.1 Å². The fourth-order valence-electron chi connectivity index (χ4n) is 5.80. The highest BCUT2D eigenvalue weighted by molar-refractivity contribution is 6.06. The minimum atomic E-state index is 0.0141. The molecule has 1 aromatic carbocycles. The topological polar surface area (TPSA) is 55.8 Å². The molecule has 4 atom stereocenters. The lowest BCUT2D eigenvalue weighted by Gasteiger charge is -2.41. The van der Waals surface area contributed by atoms with Crippen molar-refractivity contribution < 1.29 is 19.0 Å². The van der Waals surface area contributed by atoms with Gasteiger partial charge >= 0.3 is 0 Å². The van der Waals surface area contributed by atoms with Gasteiger partial charge in [0.2, 0.25) is 0 Å². The highest BCUT2D eigenvalue weighted by Gasteiger charge is 2.42. The second kappa shape index (κ2) is 8.45. The molecule has 0 bridgehead atoms. The van der Waals surface area contributed by atoms with Crippen molar-refractivity contribution in [3.63, 3.8) is 0 Å². The standard InChI is InChI=1S/C26H31N3O4/c1-30-23-13-19-22(14-24(23)31-2)32-16-20-25(33-27-26(19)20)15-28-10-8-18(9-11-28)29-12-7-17-5-3-4-6-21(17)29/h3-7,12-14,17-18,20-21,25H,8-11,15-16H2,1-2H3. The van der Waals surface area contributed by atoms with Crippen molar-refractivity contribution in [2.24, 2.45) is 17.0 Å². The Balaban J connectivity index is 1.08. The van der Waals surface area contributed by atoms with Crippen molar-refractivity contribution in [2.45, 2.75) is 31.0 Å².